The van der Waals surface area contributed by atoms with Gasteiger partial charge < -0.3 is 4.74 Å². The highest BCUT2D eigenvalue weighted by Crippen LogP contribution is 2.40. The van der Waals surface area contributed by atoms with Gasteiger partial charge in [-0.3, -0.25) is 9.35 Å². The molecule has 5 nitrogen and oxygen atoms in total. The van der Waals surface area contributed by atoms with Gasteiger partial charge in [-0.2, -0.15) is 26.0 Å². The molecular weight excluding hydrogens is 260 g/mol. The van der Waals surface area contributed by atoms with Crippen LogP contribution < -0.4 is 0 Å². The summed E-state index contributed by atoms with van der Waals surface area (Å²) >= 11 is 0. The average molecular weight is 268 g/mol. The maximum absolute atomic E-state index is 12.7. The molecule has 0 heterocycles. The zero-order valence-corrected chi connectivity index (χ0v) is 8.73. The fraction of sp³-hybridized carbons (Fsp3) is 0.833. The van der Waals surface area contributed by atoms with Crippen molar-refractivity contribution in [1.82, 2.24) is 0 Å². The first-order chi connectivity index (χ1) is 6.92. The summed E-state index contributed by atoms with van der Waals surface area (Å²) < 4.78 is 82.3. The maximum Gasteiger partial charge on any atom is 0.431 e. The highest BCUT2D eigenvalue weighted by Gasteiger charge is 2.65. The lowest BCUT2D eigenvalue weighted by Gasteiger charge is -2.23. The zero-order valence-electron chi connectivity index (χ0n) is 7.91. The fourth-order valence-electron chi connectivity index (χ4n) is 0.657. The number of hydrogen-bond donors (Lipinski definition) is 1. The third kappa shape index (κ3) is 3.30. The minimum Gasteiger partial charge on any atom is -0.466 e. The van der Waals surface area contributed by atoms with Crippen molar-refractivity contribution >= 4 is 16.1 Å². The van der Waals surface area contributed by atoms with E-state index in [0.29, 0.717) is 0 Å². The molecule has 96 valence electrons. The molecule has 0 aliphatic rings. The first-order valence-electron chi connectivity index (χ1n) is 3.78. The van der Waals surface area contributed by atoms with Gasteiger partial charge in [0.15, 0.2) is 0 Å². The number of ether oxygens (including phenoxy) is 1. The molecule has 0 radical (unpaired) electrons. The van der Waals surface area contributed by atoms with Crippen molar-refractivity contribution in [2.75, 3.05) is 6.61 Å². The van der Waals surface area contributed by atoms with E-state index in [1.54, 1.807) is 0 Å². The van der Waals surface area contributed by atoms with Crippen molar-refractivity contribution in [2.24, 2.45) is 0 Å². The first-order valence-corrected chi connectivity index (χ1v) is 5.22. The molecule has 0 aromatic rings. The summed E-state index contributed by atoms with van der Waals surface area (Å²) in [6.07, 6.45) is -1.72. The van der Waals surface area contributed by atoms with Gasteiger partial charge in [0.2, 0.25) is 0 Å². The van der Waals surface area contributed by atoms with Crippen LogP contribution in [0.4, 0.5) is 17.6 Å². The van der Waals surface area contributed by atoms with Crippen LogP contribution in [0.25, 0.3) is 0 Å². The summed E-state index contributed by atoms with van der Waals surface area (Å²) in [6.45, 7) is -0.230. The summed E-state index contributed by atoms with van der Waals surface area (Å²) in [7, 11) is -6.23. The molecule has 0 aliphatic carbocycles. The molecule has 0 fully saturated rings. The number of rotatable bonds is 5. The van der Waals surface area contributed by atoms with Gasteiger partial charge in [-0.25, -0.2) is 0 Å². The summed E-state index contributed by atoms with van der Waals surface area (Å²) in [6, 6.07) is 0. The molecule has 0 unspecified atom stereocenters. The van der Waals surface area contributed by atoms with Crippen LogP contribution in [0.1, 0.15) is 13.3 Å². The van der Waals surface area contributed by atoms with Crippen LogP contribution in [-0.2, 0) is 19.6 Å². The molecule has 0 aromatic carbocycles. The maximum atomic E-state index is 12.7. The molecule has 0 rings (SSSR count). The molecule has 0 atom stereocenters. The topological polar surface area (TPSA) is 80.7 Å². The monoisotopic (exact) mass is 268 g/mol. The van der Waals surface area contributed by atoms with Gasteiger partial charge in [0.1, 0.15) is 0 Å². The molecule has 0 aromatic heterocycles. The average Bonchev–Trinajstić information content (AvgIpc) is 2.00. The predicted molar refractivity (Wildman–Crippen MR) is 42.7 cm³/mol. The Morgan fingerprint density at radius 2 is 1.75 bits per heavy atom. The van der Waals surface area contributed by atoms with E-state index in [2.05, 4.69) is 4.74 Å². The predicted octanol–water partition coefficient (Wildman–Crippen LogP) is 1.06. The second-order valence-corrected chi connectivity index (χ2v) is 4.25. The molecule has 0 saturated carbocycles. The molecule has 0 saturated heterocycles. The van der Waals surface area contributed by atoms with Crippen molar-refractivity contribution in [1.29, 1.82) is 0 Å². The van der Waals surface area contributed by atoms with Crippen LogP contribution >= 0.6 is 0 Å². The molecule has 0 amide bonds. The van der Waals surface area contributed by atoms with Crippen molar-refractivity contribution in [3.05, 3.63) is 0 Å². The quantitative estimate of drug-likeness (QED) is 0.458. The number of hydrogen-bond acceptors (Lipinski definition) is 4. The van der Waals surface area contributed by atoms with Gasteiger partial charge >= 0.3 is 27.3 Å². The molecule has 0 spiro atoms. The second kappa shape index (κ2) is 4.53. The molecule has 0 aliphatic heterocycles. The molecule has 0 bridgehead atoms. The molecular formula is C6H8F4O5S. The number of esters is 1. The Morgan fingerprint density at radius 3 is 2.06 bits per heavy atom. The Morgan fingerprint density at radius 1 is 1.31 bits per heavy atom. The Hall–Kier alpha value is -0.900. The van der Waals surface area contributed by atoms with Crippen LogP contribution in [0.2, 0.25) is 0 Å². The largest absolute Gasteiger partial charge is 0.466 e. The van der Waals surface area contributed by atoms with Gasteiger partial charge in [0.25, 0.3) is 0 Å². The minimum absolute atomic E-state index is 0.860. The third-order valence-corrected chi connectivity index (χ3v) is 2.42. The van der Waals surface area contributed by atoms with Gasteiger partial charge in [0.05, 0.1) is 13.0 Å². The summed E-state index contributed by atoms with van der Waals surface area (Å²) in [5, 5.41) is -5.62. The van der Waals surface area contributed by atoms with E-state index in [1.165, 1.54) is 0 Å². The standard InChI is InChI=1S/C6H8F4O5S/c1-4(11)15-3-2-5(7,8)6(9,10)16(12,13)14/h2-3H2,1H3,(H,12,13,14). The zero-order chi connectivity index (χ0) is 13.2. The highest BCUT2D eigenvalue weighted by atomic mass is 32.2. The van der Waals surface area contributed by atoms with E-state index in [0.717, 1.165) is 6.92 Å². The summed E-state index contributed by atoms with van der Waals surface area (Å²) in [5.41, 5.74) is 0. The van der Waals surface area contributed by atoms with Crippen molar-refractivity contribution in [3.63, 3.8) is 0 Å². The lowest BCUT2D eigenvalue weighted by molar-refractivity contribution is -0.174. The lowest BCUT2D eigenvalue weighted by atomic mass is 10.2. The lowest BCUT2D eigenvalue weighted by Crippen LogP contribution is -2.47. The van der Waals surface area contributed by atoms with Crippen LogP contribution in [0.3, 0.4) is 0 Å². The first kappa shape index (κ1) is 15.1. The van der Waals surface area contributed by atoms with Crippen LogP contribution in [0, 0.1) is 0 Å². The van der Waals surface area contributed by atoms with E-state index in [-0.39, 0.29) is 0 Å². The number of alkyl halides is 4. The Labute approximate surface area is 88.1 Å². The molecule has 16 heavy (non-hydrogen) atoms. The normalized spacial score (nSPS) is 13.6. The Balaban J connectivity index is 4.72. The molecule has 1 N–H and O–H groups in total. The van der Waals surface area contributed by atoms with Crippen molar-refractivity contribution < 1.29 is 40.1 Å². The summed E-state index contributed by atoms with van der Waals surface area (Å²) in [5.74, 6) is -6.01. The van der Waals surface area contributed by atoms with Crippen molar-refractivity contribution in [3.8, 4) is 0 Å². The Bertz CT molecular complexity index is 363. The van der Waals surface area contributed by atoms with Crippen molar-refractivity contribution in [2.45, 2.75) is 24.5 Å². The molecule has 10 heteroatoms. The van der Waals surface area contributed by atoms with E-state index in [1.807, 2.05) is 0 Å². The van der Waals surface area contributed by atoms with E-state index < -0.39 is 40.3 Å². The highest BCUT2D eigenvalue weighted by molar-refractivity contribution is 7.87. The SMILES string of the molecule is CC(=O)OCCC(F)(F)C(F)(F)S(=O)(=O)O. The van der Waals surface area contributed by atoms with Gasteiger partial charge in [-0.15, -0.1) is 0 Å². The second-order valence-electron chi connectivity index (χ2n) is 2.79. The van der Waals surface area contributed by atoms with E-state index >= 15 is 0 Å². The van der Waals surface area contributed by atoms with E-state index in [9.17, 15) is 30.8 Å². The number of carbonyl (C=O) groups is 1. The van der Waals surface area contributed by atoms with Crippen LogP contribution in [0.5, 0.6) is 0 Å². The minimum atomic E-state index is -6.23. The summed E-state index contributed by atoms with van der Waals surface area (Å²) in [4.78, 5) is 10.2. The third-order valence-electron chi connectivity index (χ3n) is 1.47. The fourth-order valence-corrected chi connectivity index (χ4v) is 1.14. The van der Waals surface area contributed by atoms with Gasteiger partial charge in [-0.1, -0.05) is 0 Å². The number of halogens is 4. The van der Waals surface area contributed by atoms with E-state index in [4.69, 9.17) is 4.55 Å². The van der Waals surface area contributed by atoms with Gasteiger partial charge in [-0.05, 0) is 0 Å². The van der Waals surface area contributed by atoms with Crippen LogP contribution in [-0.4, -0.2) is 36.7 Å². The Kier molecular flexibility index (Phi) is 4.28. The smallest absolute Gasteiger partial charge is 0.431 e. The van der Waals surface area contributed by atoms with Crippen LogP contribution in [0.15, 0.2) is 0 Å². The van der Waals surface area contributed by atoms with Gasteiger partial charge in [0, 0.05) is 6.92 Å². The number of carbonyl (C=O) groups excluding carboxylic acids is 1.